The topological polar surface area (TPSA) is 82.3 Å². The summed E-state index contributed by atoms with van der Waals surface area (Å²) in [4.78, 5) is 12.3. The van der Waals surface area contributed by atoms with E-state index < -0.39 is 0 Å². The summed E-state index contributed by atoms with van der Waals surface area (Å²) in [5.74, 6) is 0. The van der Waals surface area contributed by atoms with E-state index in [0.717, 1.165) is 74.2 Å². The second kappa shape index (κ2) is 9.90. The maximum Gasteiger partial charge on any atom is 0.116 e. The minimum atomic E-state index is 0.724. The van der Waals surface area contributed by atoms with Crippen LogP contribution >= 0.6 is 0 Å². The SMILES string of the molecule is c1cc(-c2ccc3[nH]nc(-c4cc5c(-c6ccncc6)nccc5[nH]4)c3c2)cc(CNCc2ccccc2)c#1. The van der Waals surface area contributed by atoms with Gasteiger partial charge in [-0.15, -0.1) is 0 Å². The molecule has 4 aromatic heterocycles. The number of benzene rings is 2. The molecule has 7 rings (SSSR count). The van der Waals surface area contributed by atoms with Crippen LogP contribution in [0.5, 0.6) is 0 Å². The molecule has 0 saturated heterocycles. The molecule has 0 spiro atoms. The van der Waals surface area contributed by atoms with E-state index >= 15 is 0 Å². The molecule has 3 N–H and O–H groups in total. The van der Waals surface area contributed by atoms with Crippen LogP contribution in [0.4, 0.5) is 0 Å². The minimum absolute atomic E-state index is 0.724. The Kier molecular flexibility index (Phi) is 5.82. The average molecular weight is 505 g/mol. The van der Waals surface area contributed by atoms with Crippen LogP contribution in [0.2, 0.25) is 0 Å². The Hall–Kier alpha value is -5.25. The molecule has 6 nitrogen and oxygen atoms in total. The molecule has 0 aliphatic carbocycles. The smallest absolute Gasteiger partial charge is 0.116 e. The Labute approximate surface area is 225 Å². The number of rotatable bonds is 7. The second-order valence-corrected chi connectivity index (χ2v) is 9.50. The van der Waals surface area contributed by atoms with Gasteiger partial charge in [-0.25, -0.2) is 0 Å². The molecule has 3 aromatic carbocycles. The highest BCUT2D eigenvalue weighted by Gasteiger charge is 2.15. The van der Waals surface area contributed by atoms with Crippen molar-refractivity contribution in [2.75, 3.05) is 0 Å². The molecule has 0 bridgehead atoms. The fraction of sp³-hybridized carbons (Fsp3) is 0.0606. The Morgan fingerprint density at radius 1 is 0.718 bits per heavy atom. The van der Waals surface area contributed by atoms with Crippen molar-refractivity contribution in [2.45, 2.75) is 13.1 Å². The van der Waals surface area contributed by atoms with Crippen LogP contribution in [-0.4, -0.2) is 25.1 Å². The number of nitrogens with zero attached hydrogens (tertiary/aromatic N) is 3. The Morgan fingerprint density at radius 2 is 1.59 bits per heavy atom. The van der Waals surface area contributed by atoms with Crippen molar-refractivity contribution in [2.24, 2.45) is 0 Å². The van der Waals surface area contributed by atoms with E-state index in [-0.39, 0.29) is 0 Å². The van der Waals surface area contributed by atoms with Crippen molar-refractivity contribution in [3.63, 3.8) is 0 Å². The molecule has 0 amide bonds. The molecular formula is C33H24N6. The summed E-state index contributed by atoms with van der Waals surface area (Å²) < 4.78 is 0. The highest BCUT2D eigenvalue weighted by molar-refractivity contribution is 6.00. The van der Waals surface area contributed by atoms with E-state index in [1.165, 1.54) is 5.56 Å². The van der Waals surface area contributed by atoms with Gasteiger partial charge in [-0.2, -0.15) is 5.10 Å². The van der Waals surface area contributed by atoms with Crippen LogP contribution in [0, 0.1) is 12.1 Å². The Morgan fingerprint density at radius 3 is 2.49 bits per heavy atom. The van der Waals surface area contributed by atoms with Gasteiger partial charge in [-0.1, -0.05) is 48.5 Å². The molecule has 0 saturated carbocycles. The maximum atomic E-state index is 4.67. The predicted octanol–water partition coefficient (Wildman–Crippen LogP) is 6.73. The number of aromatic nitrogens is 5. The minimum Gasteiger partial charge on any atom is -0.353 e. The number of aromatic amines is 2. The van der Waals surface area contributed by atoms with Crippen molar-refractivity contribution in [1.82, 2.24) is 30.5 Å². The summed E-state index contributed by atoms with van der Waals surface area (Å²) in [6, 6.07) is 35.5. The highest BCUT2D eigenvalue weighted by Crippen LogP contribution is 2.34. The predicted molar refractivity (Wildman–Crippen MR) is 155 cm³/mol. The summed E-state index contributed by atoms with van der Waals surface area (Å²) in [5.41, 5.74) is 10.3. The third kappa shape index (κ3) is 4.52. The van der Waals surface area contributed by atoms with Crippen LogP contribution < -0.4 is 5.32 Å². The number of hydrogen-bond donors (Lipinski definition) is 3. The summed E-state index contributed by atoms with van der Waals surface area (Å²) in [7, 11) is 0. The lowest BCUT2D eigenvalue weighted by molar-refractivity contribution is 0.694. The molecule has 0 fully saturated rings. The van der Waals surface area contributed by atoms with Crippen LogP contribution in [0.25, 0.3) is 55.6 Å². The highest BCUT2D eigenvalue weighted by atomic mass is 15.1. The fourth-order valence-electron chi connectivity index (χ4n) is 4.99. The van der Waals surface area contributed by atoms with Gasteiger partial charge in [0, 0.05) is 59.1 Å². The molecule has 0 aliphatic heterocycles. The Balaban J connectivity index is 1.20. The monoisotopic (exact) mass is 504 g/mol. The molecule has 7 aromatic rings. The van der Waals surface area contributed by atoms with Gasteiger partial charge in [-0.3, -0.25) is 15.1 Å². The quantitative estimate of drug-likeness (QED) is 0.225. The lowest BCUT2D eigenvalue weighted by Gasteiger charge is -2.06. The standard InChI is InChI=1S/C33H24N6/c1-2-5-22(6-3-1)20-35-21-23-7-4-8-25(17-23)26-9-10-30-27(18-26)33(39-38-30)31-19-28-29(37-31)13-16-36-32(28)24-11-14-34-15-12-24/h1-3,5-6,8-19,35,37H,20-21H2,(H,38,39). The van der Waals surface area contributed by atoms with E-state index in [4.69, 9.17) is 0 Å². The largest absolute Gasteiger partial charge is 0.353 e. The second-order valence-electron chi connectivity index (χ2n) is 9.50. The lowest BCUT2D eigenvalue weighted by Crippen LogP contribution is -2.12. The van der Waals surface area contributed by atoms with Gasteiger partial charge in [-0.05, 0) is 65.2 Å². The number of pyridine rings is 2. The van der Waals surface area contributed by atoms with Gasteiger partial charge in [0.15, 0.2) is 0 Å². The zero-order chi connectivity index (χ0) is 26.0. The summed E-state index contributed by atoms with van der Waals surface area (Å²) in [5, 5.41) is 13.5. The first kappa shape index (κ1) is 22.9. The maximum absolute atomic E-state index is 4.67. The van der Waals surface area contributed by atoms with Crippen LogP contribution in [0.1, 0.15) is 11.1 Å². The van der Waals surface area contributed by atoms with E-state index in [1.54, 1.807) is 12.4 Å². The van der Waals surface area contributed by atoms with Crippen LogP contribution in [0.15, 0.2) is 104 Å². The van der Waals surface area contributed by atoms with E-state index in [9.17, 15) is 0 Å². The first-order valence-electron chi connectivity index (χ1n) is 12.9. The summed E-state index contributed by atoms with van der Waals surface area (Å²) in [6.07, 6.45) is 5.40. The molecule has 0 aliphatic rings. The summed E-state index contributed by atoms with van der Waals surface area (Å²) in [6.45, 7) is 1.54. The normalized spacial score (nSPS) is 11.2. The molecule has 4 heterocycles. The molecule has 39 heavy (non-hydrogen) atoms. The lowest BCUT2D eigenvalue weighted by atomic mass is 10.0. The van der Waals surface area contributed by atoms with E-state index in [0.29, 0.717) is 0 Å². The van der Waals surface area contributed by atoms with Gasteiger partial charge < -0.3 is 10.3 Å². The van der Waals surface area contributed by atoms with Gasteiger partial charge in [0.1, 0.15) is 5.69 Å². The average Bonchev–Trinajstić information content (AvgIpc) is 3.62. The van der Waals surface area contributed by atoms with Crippen molar-refractivity contribution in [3.05, 3.63) is 127 Å². The van der Waals surface area contributed by atoms with Crippen LogP contribution in [-0.2, 0) is 13.1 Å². The zero-order valence-electron chi connectivity index (χ0n) is 21.1. The Bertz CT molecular complexity index is 1890. The molecule has 6 heteroatoms. The number of nitrogens with one attached hydrogen (secondary N) is 3. The van der Waals surface area contributed by atoms with Gasteiger partial charge in [0.2, 0.25) is 0 Å². The van der Waals surface area contributed by atoms with Crippen molar-refractivity contribution >= 4 is 21.8 Å². The van der Waals surface area contributed by atoms with Gasteiger partial charge in [0.25, 0.3) is 0 Å². The summed E-state index contributed by atoms with van der Waals surface area (Å²) >= 11 is 0. The first-order valence-corrected chi connectivity index (χ1v) is 12.9. The third-order valence-electron chi connectivity index (χ3n) is 6.93. The first-order chi connectivity index (χ1) is 19.3. The third-order valence-corrected chi connectivity index (χ3v) is 6.93. The molecule has 0 unspecified atom stereocenters. The van der Waals surface area contributed by atoms with Crippen molar-refractivity contribution in [1.29, 1.82) is 0 Å². The molecular weight excluding hydrogens is 480 g/mol. The number of fused-ring (bicyclic) bond motifs is 2. The number of H-pyrrole nitrogens is 2. The zero-order valence-corrected chi connectivity index (χ0v) is 21.1. The van der Waals surface area contributed by atoms with Gasteiger partial charge in [0.05, 0.1) is 16.9 Å². The molecule has 0 radical (unpaired) electrons. The number of hydrogen-bond acceptors (Lipinski definition) is 4. The molecule has 186 valence electrons. The van der Waals surface area contributed by atoms with Crippen molar-refractivity contribution < 1.29 is 0 Å². The molecule has 0 atom stereocenters. The van der Waals surface area contributed by atoms with E-state index in [2.05, 4.69) is 97.2 Å². The van der Waals surface area contributed by atoms with Crippen molar-refractivity contribution in [3.8, 4) is 33.8 Å². The van der Waals surface area contributed by atoms with Gasteiger partial charge >= 0.3 is 0 Å². The van der Waals surface area contributed by atoms with Crippen LogP contribution in [0.3, 0.4) is 0 Å². The van der Waals surface area contributed by atoms with E-state index in [1.807, 2.05) is 36.5 Å². The fourth-order valence-corrected chi connectivity index (χ4v) is 4.99.